The van der Waals surface area contributed by atoms with Crippen LogP contribution in [0.15, 0.2) is 35.5 Å². The monoisotopic (exact) mass is 606 g/mol. The Balaban J connectivity index is 2.51. The van der Waals surface area contributed by atoms with Crippen LogP contribution in [-0.2, 0) is 33.4 Å². The van der Waals surface area contributed by atoms with Gasteiger partial charge in [0.2, 0.25) is 0 Å². The smallest absolute Gasteiger partial charge is 0.345 e. The number of ether oxygens (including phenoxy) is 2. The molecule has 2 unspecified atom stereocenters. The Bertz CT molecular complexity index is 1090. The SMILES string of the molecule is C=C/C(=C/C(=O)C[C@H](C)CC(C)CCC(O)[C@H](C)C(=O)C[C@@H](O)[C@H](C)[C@@H](C)OC(=O)C[C@@H](O)C1=C(C)C(=O)OC1=O)CC. The second kappa shape index (κ2) is 18.0. The zero-order valence-electron chi connectivity index (χ0n) is 26.6. The van der Waals surface area contributed by atoms with Gasteiger partial charge in [0, 0.05) is 30.3 Å². The highest BCUT2D eigenvalue weighted by Gasteiger charge is 2.36. The zero-order chi connectivity index (χ0) is 33.0. The number of aliphatic hydroxyl groups excluding tert-OH is 3. The molecular weight excluding hydrogens is 556 g/mol. The summed E-state index contributed by atoms with van der Waals surface area (Å²) < 4.78 is 9.71. The van der Waals surface area contributed by atoms with Crippen LogP contribution in [0, 0.1) is 23.7 Å². The number of carbonyl (C=O) groups is 5. The second-order valence-electron chi connectivity index (χ2n) is 12.1. The van der Waals surface area contributed by atoms with Gasteiger partial charge in [0.15, 0.2) is 5.78 Å². The minimum Gasteiger partial charge on any atom is -0.462 e. The molecule has 0 spiro atoms. The number of hydrogen-bond acceptors (Lipinski definition) is 10. The van der Waals surface area contributed by atoms with Gasteiger partial charge in [0.05, 0.1) is 30.3 Å². The van der Waals surface area contributed by atoms with E-state index in [1.165, 1.54) is 13.8 Å². The normalized spacial score (nSPS) is 19.5. The minimum atomic E-state index is -1.58. The van der Waals surface area contributed by atoms with Crippen LogP contribution in [0.4, 0.5) is 0 Å². The van der Waals surface area contributed by atoms with E-state index in [9.17, 15) is 39.3 Å². The summed E-state index contributed by atoms with van der Waals surface area (Å²) in [7, 11) is 0. The molecular formula is C33H50O10. The summed E-state index contributed by atoms with van der Waals surface area (Å²) in [5.41, 5.74) is 0.552. The molecule has 43 heavy (non-hydrogen) atoms. The standard InChI is InChI=1S/C33H50O10/c1-9-24(10-2)15-25(34)14-19(4)13-18(3)11-12-26(35)21(6)28(37)16-27(36)20(5)23(8)42-30(39)17-29(38)31-22(7)32(40)43-33(31)41/h9,15,18-21,23,26-27,29,35-36,38H,1,10-14,16-17H2,2-8H3/b24-15-/t18?,19-,20-,21+,23-,26?,27-,29-/m1/s1. The summed E-state index contributed by atoms with van der Waals surface area (Å²) in [5, 5.41) is 31.5. The first-order chi connectivity index (χ1) is 20.0. The molecule has 3 N–H and O–H groups in total. The fourth-order valence-electron chi connectivity index (χ4n) is 5.10. The number of cyclic esters (lactones) is 2. The molecule has 8 atom stereocenters. The van der Waals surface area contributed by atoms with Gasteiger partial charge in [-0.05, 0) is 63.0 Å². The molecule has 0 aliphatic carbocycles. The lowest BCUT2D eigenvalue weighted by Gasteiger charge is -2.27. The van der Waals surface area contributed by atoms with Crippen molar-refractivity contribution in [2.24, 2.45) is 23.7 Å². The Hall–Kier alpha value is -2.95. The van der Waals surface area contributed by atoms with Gasteiger partial charge in [-0.15, -0.1) is 0 Å². The summed E-state index contributed by atoms with van der Waals surface area (Å²) in [4.78, 5) is 60.6. The van der Waals surface area contributed by atoms with E-state index in [0.29, 0.717) is 19.3 Å². The maximum atomic E-state index is 12.8. The molecule has 1 aliphatic rings. The predicted molar refractivity (Wildman–Crippen MR) is 160 cm³/mol. The number of carbonyl (C=O) groups excluding carboxylic acids is 5. The van der Waals surface area contributed by atoms with E-state index in [4.69, 9.17) is 4.74 Å². The van der Waals surface area contributed by atoms with Crippen molar-refractivity contribution in [3.63, 3.8) is 0 Å². The van der Waals surface area contributed by atoms with Crippen molar-refractivity contribution < 1.29 is 48.8 Å². The highest BCUT2D eigenvalue weighted by atomic mass is 16.6. The molecule has 0 aromatic heterocycles. The van der Waals surface area contributed by atoms with E-state index in [1.54, 1.807) is 26.0 Å². The third kappa shape index (κ3) is 12.3. The van der Waals surface area contributed by atoms with E-state index in [0.717, 1.165) is 18.4 Å². The molecule has 0 bridgehead atoms. The fraction of sp³-hybridized carbons (Fsp3) is 0.667. The number of hydrogen-bond donors (Lipinski definition) is 3. The Labute approximate surface area is 255 Å². The Kier molecular flexibility index (Phi) is 15.9. The average molecular weight is 607 g/mol. The van der Waals surface area contributed by atoms with Gasteiger partial charge in [-0.25, -0.2) is 9.59 Å². The van der Waals surface area contributed by atoms with Gasteiger partial charge >= 0.3 is 17.9 Å². The van der Waals surface area contributed by atoms with Gasteiger partial charge in [0.1, 0.15) is 11.9 Å². The first-order valence-electron chi connectivity index (χ1n) is 15.1. The number of esters is 3. The van der Waals surface area contributed by atoms with Crippen molar-refractivity contribution in [2.45, 2.75) is 118 Å². The third-order valence-corrected chi connectivity index (χ3v) is 8.30. The lowest BCUT2D eigenvalue weighted by molar-refractivity contribution is -0.154. The number of Topliss-reactive ketones (excluding diaryl/α,β-unsaturated/α-hetero) is 1. The molecule has 0 aromatic rings. The number of ketones is 2. The summed E-state index contributed by atoms with van der Waals surface area (Å²) >= 11 is 0. The molecule has 0 radical (unpaired) electrons. The molecule has 0 saturated heterocycles. The zero-order valence-corrected chi connectivity index (χ0v) is 26.6. The van der Waals surface area contributed by atoms with Crippen molar-refractivity contribution in [1.29, 1.82) is 0 Å². The topological polar surface area (TPSA) is 164 Å². The van der Waals surface area contributed by atoms with E-state index < -0.39 is 60.6 Å². The van der Waals surface area contributed by atoms with Gasteiger partial charge < -0.3 is 24.8 Å². The van der Waals surface area contributed by atoms with Gasteiger partial charge in [-0.1, -0.05) is 47.3 Å². The van der Waals surface area contributed by atoms with Crippen molar-refractivity contribution >= 4 is 29.5 Å². The summed E-state index contributed by atoms with van der Waals surface area (Å²) in [6.07, 6.45) is 1.16. The van der Waals surface area contributed by atoms with Crippen LogP contribution < -0.4 is 0 Å². The first kappa shape index (κ1) is 38.1. The Morgan fingerprint density at radius 1 is 0.907 bits per heavy atom. The lowest BCUT2D eigenvalue weighted by Crippen LogP contribution is -2.36. The van der Waals surface area contributed by atoms with Crippen LogP contribution in [0.3, 0.4) is 0 Å². The van der Waals surface area contributed by atoms with Gasteiger partial charge in [0.25, 0.3) is 0 Å². The van der Waals surface area contributed by atoms with Gasteiger partial charge in [-0.2, -0.15) is 0 Å². The molecule has 242 valence electrons. The maximum absolute atomic E-state index is 12.8. The number of rotatable bonds is 20. The summed E-state index contributed by atoms with van der Waals surface area (Å²) in [6, 6.07) is 0. The summed E-state index contributed by atoms with van der Waals surface area (Å²) in [5.74, 6) is -3.91. The van der Waals surface area contributed by atoms with Crippen molar-refractivity contribution in [2.75, 3.05) is 0 Å². The molecule has 10 nitrogen and oxygen atoms in total. The van der Waals surface area contributed by atoms with Crippen molar-refractivity contribution in [3.05, 3.63) is 35.5 Å². The molecule has 1 rings (SSSR count). The molecule has 0 amide bonds. The van der Waals surface area contributed by atoms with E-state index in [2.05, 4.69) is 18.2 Å². The number of aliphatic hydroxyl groups is 3. The fourth-order valence-corrected chi connectivity index (χ4v) is 5.10. The van der Waals surface area contributed by atoms with E-state index in [-0.39, 0.29) is 41.0 Å². The highest BCUT2D eigenvalue weighted by Crippen LogP contribution is 2.25. The van der Waals surface area contributed by atoms with Crippen LogP contribution in [0.5, 0.6) is 0 Å². The molecule has 0 fully saturated rings. The Morgan fingerprint density at radius 2 is 1.53 bits per heavy atom. The molecule has 1 aliphatic heterocycles. The third-order valence-electron chi connectivity index (χ3n) is 8.30. The predicted octanol–water partition coefficient (Wildman–Crippen LogP) is 3.95. The molecule has 0 aromatic carbocycles. The Morgan fingerprint density at radius 3 is 2.07 bits per heavy atom. The molecule has 0 saturated carbocycles. The first-order valence-corrected chi connectivity index (χ1v) is 15.1. The van der Waals surface area contributed by atoms with Crippen LogP contribution in [0.2, 0.25) is 0 Å². The van der Waals surface area contributed by atoms with Crippen LogP contribution in [-0.4, -0.2) is 69.2 Å². The highest BCUT2D eigenvalue weighted by molar-refractivity contribution is 6.12. The van der Waals surface area contributed by atoms with Crippen molar-refractivity contribution in [1.82, 2.24) is 0 Å². The van der Waals surface area contributed by atoms with Crippen LogP contribution >= 0.6 is 0 Å². The van der Waals surface area contributed by atoms with E-state index >= 15 is 0 Å². The van der Waals surface area contributed by atoms with Crippen LogP contribution in [0.25, 0.3) is 0 Å². The molecule has 10 heteroatoms. The maximum Gasteiger partial charge on any atom is 0.345 e. The average Bonchev–Trinajstić information content (AvgIpc) is 3.19. The lowest BCUT2D eigenvalue weighted by atomic mass is 9.85. The largest absolute Gasteiger partial charge is 0.462 e. The summed E-state index contributed by atoms with van der Waals surface area (Å²) in [6.45, 7) is 15.8. The minimum absolute atomic E-state index is 0.0736. The number of allylic oxidation sites excluding steroid dienone is 3. The molecule has 1 heterocycles. The van der Waals surface area contributed by atoms with E-state index in [1.807, 2.05) is 13.8 Å². The van der Waals surface area contributed by atoms with Crippen molar-refractivity contribution in [3.8, 4) is 0 Å². The second-order valence-corrected chi connectivity index (χ2v) is 12.1. The quantitative estimate of drug-likeness (QED) is 0.0800. The van der Waals surface area contributed by atoms with Crippen LogP contribution in [0.1, 0.15) is 93.4 Å². The van der Waals surface area contributed by atoms with Gasteiger partial charge in [-0.3, -0.25) is 14.4 Å².